The number of carbonyl (C=O) groups is 2. The zero-order valence-electron chi connectivity index (χ0n) is 11.6. The van der Waals surface area contributed by atoms with E-state index in [2.05, 4.69) is 22.5 Å². The van der Waals surface area contributed by atoms with Crippen LogP contribution in [0.15, 0.2) is 18.2 Å². The summed E-state index contributed by atoms with van der Waals surface area (Å²) in [5.41, 5.74) is 2.28. The second-order valence-corrected chi connectivity index (χ2v) is 4.28. The van der Waals surface area contributed by atoms with Crippen molar-refractivity contribution in [2.24, 2.45) is 0 Å². The first-order chi connectivity index (χ1) is 9.52. The SMILES string of the molecule is CC(=O)NCC(=O)Nc1cc(C)ccc1C#CCCO. The number of carbonyl (C=O) groups excluding carboxylic acids is 2. The van der Waals surface area contributed by atoms with Crippen molar-refractivity contribution in [2.75, 3.05) is 18.5 Å². The number of hydrogen-bond donors (Lipinski definition) is 3. The number of nitrogens with one attached hydrogen (secondary N) is 2. The molecule has 1 aromatic rings. The molecule has 0 heterocycles. The molecule has 0 saturated carbocycles. The Balaban J connectivity index is 2.82. The van der Waals surface area contributed by atoms with E-state index in [-0.39, 0.29) is 25.0 Å². The lowest BCUT2D eigenvalue weighted by Gasteiger charge is -2.09. The van der Waals surface area contributed by atoms with Gasteiger partial charge in [-0.25, -0.2) is 0 Å². The Morgan fingerprint density at radius 2 is 2.10 bits per heavy atom. The molecule has 0 unspecified atom stereocenters. The summed E-state index contributed by atoms with van der Waals surface area (Å²) in [6.45, 7) is 3.19. The van der Waals surface area contributed by atoms with Gasteiger partial charge in [-0.1, -0.05) is 17.9 Å². The highest BCUT2D eigenvalue weighted by atomic mass is 16.2. The van der Waals surface area contributed by atoms with Gasteiger partial charge in [-0.15, -0.1) is 0 Å². The van der Waals surface area contributed by atoms with Crippen LogP contribution in [0.4, 0.5) is 5.69 Å². The minimum absolute atomic E-state index is 0.00306. The van der Waals surface area contributed by atoms with E-state index in [1.165, 1.54) is 6.92 Å². The molecule has 0 aromatic heterocycles. The zero-order chi connectivity index (χ0) is 15.0. The Morgan fingerprint density at radius 3 is 2.75 bits per heavy atom. The van der Waals surface area contributed by atoms with Crippen molar-refractivity contribution in [3.05, 3.63) is 29.3 Å². The molecule has 0 saturated heterocycles. The van der Waals surface area contributed by atoms with Crippen LogP contribution in [0, 0.1) is 18.8 Å². The van der Waals surface area contributed by atoms with Gasteiger partial charge in [0.25, 0.3) is 0 Å². The molecule has 106 valence electrons. The number of benzene rings is 1. The molecule has 5 heteroatoms. The van der Waals surface area contributed by atoms with E-state index in [4.69, 9.17) is 5.11 Å². The van der Waals surface area contributed by atoms with Crippen molar-refractivity contribution < 1.29 is 14.7 Å². The molecule has 0 bridgehead atoms. The molecule has 0 aliphatic heterocycles. The minimum atomic E-state index is -0.309. The Hall–Kier alpha value is -2.32. The van der Waals surface area contributed by atoms with Gasteiger partial charge in [-0.05, 0) is 24.6 Å². The highest BCUT2D eigenvalue weighted by Crippen LogP contribution is 2.16. The molecule has 0 spiro atoms. The Labute approximate surface area is 118 Å². The van der Waals surface area contributed by atoms with Gasteiger partial charge in [-0.2, -0.15) is 0 Å². The normalized spacial score (nSPS) is 9.35. The van der Waals surface area contributed by atoms with Crippen molar-refractivity contribution in [3.63, 3.8) is 0 Å². The van der Waals surface area contributed by atoms with Crippen LogP contribution >= 0.6 is 0 Å². The fraction of sp³-hybridized carbons (Fsp3) is 0.333. The van der Waals surface area contributed by atoms with Crippen LogP contribution in [0.2, 0.25) is 0 Å². The second-order valence-electron chi connectivity index (χ2n) is 4.28. The van der Waals surface area contributed by atoms with Crippen LogP contribution in [0.1, 0.15) is 24.5 Å². The maximum absolute atomic E-state index is 11.7. The third-order valence-electron chi connectivity index (χ3n) is 2.41. The highest BCUT2D eigenvalue weighted by molar-refractivity contribution is 5.95. The van der Waals surface area contributed by atoms with E-state index in [0.29, 0.717) is 17.7 Å². The average molecular weight is 274 g/mol. The summed E-state index contributed by atoms with van der Waals surface area (Å²) >= 11 is 0. The average Bonchev–Trinajstić information content (AvgIpc) is 2.39. The maximum atomic E-state index is 11.7. The van der Waals surface area contributed by atoms with Gasteiger partial charge in [0.05, 0.1) is 18.8 Å². The molecule has 3 N–H and O–H groups in total. The van der Waals surface area contributed by atoms with E-state index >= 15 is 0 Å². The van der Waals surface area contributed by atoms with E-state index in [9.17, 15) is 9.59 Å². The lowest BCUT2D eigenvalue weighted by molar-refractivity contribution is -0.122. The molecule has 0 aliphatic rings. The summed E-state index contributed by atoms with van der Waals surface area (Å²) in [6.07, 6.45) is 0.382. The van der Waals surface area contributed by atoms with Crippen LogP contribution in [0.25, 0.3) is 0 Å². The Kier molecular flexibility index (Phi) is 6.27. The number of aliphatic hydroxyl groups is 1. The van der Waals surface area contributed by atoms with Crippen molar-refractivity contribution in [2.45, 2.75) is 20.3 Å². The largest absolute Gasteiger partial charge is 0.395 e. The van der Waals surface area contributed by atoms with Crippen LogP contribution in [0.5, 0.6) is 0 Å². The van der Waals surface area contributed by atoms with Crippen molar-refractivity contribution in [3.8, 4) is 11.8 Å². The summed E-state index contributed by atoms with van der Waals surface area (Å²) < 4.78 is 0. The van der Waals surface area contributed by atoms with Crippen LogP contribution in [-0.4, -0.2) is 30.1 Å². The van der Waals surface area contributed by atoms with Gasteiger partial charge in [0.15, 0.2) is 0 Å². The monoisotopic (exact) mass is 274 g/mol. The highest BCUT2D eigenvalue weighted by Gasteiger charge is 2.06. The van der Waals surface area contributed by atoms with Gasteiger partial charge in [0, 0.05) is 18.9 Å². The predicted molar refractivity (Wildman–Crippen MR) is 77.1 cm³/mol. The predicted octanol–water partition coefficient (Wildman–Crippen LogP) is 0.804. The van der Waals surface area contributed by atoms with Gasteiger partial charge in [0.2, 0.25) is 11.8 Å². The van der Waals surface area contributed by atoms with E-state index in [1.807, 2.05) is 25.1 Å². The van der Waals surface area contributed by atoms with Crippen LogP contribution in [0.3, 0.4) is 0 Å². The Morgan fingerprint density at radius 1 is 1.35 bits per heavy atom. The molecule has 1 rings (SSSR count). The van der Waals surface area contributed by atoms with Crippen molar-refractivity contribution in [1.82, 2.24) is 5.32 Å². The molecule has 0 radical (unpaired) electrons. The van der Waals surface area contributed by atoms with Gasteiger partial charge in [-0.3, -0.25) is 9.59 Å². The molecular formula is C15H18N2O3. The van der Waals surface area contributed by atoms with Crippen LogP contribution in [-0.2, 0) is 9.59 Å². The lowest BCUT2D eigenvalue weighted by Crippen LogP contribution is -2.31. The summed E-state index contributed by atoms with van der Waals surface area (Å²) in [7, 11) is 0. The quantitative estimate of drug-likeness (QED) is 0.711. The first kappa shape index (κ1) is 15.7. The van der Waals surface area contributed by atoms with Gasteiger partial charge >= 0.3 is 0 Å². The number of rotatable bonds is 4. The maximum Gasteiger partial charge on any atom is 0.243 e. The number of aliphatic hydroxyl groups excluding tert-OH is 1. The van der Waals surface area contributed by atoms with E-state index in [0.717, 1.165) is 5.56 Å². The smallest absolute Gasteiger partial charge is 0.243 e. The molecule has 2 amide bonds. The number of amides is 2. The van der Waals surface area contributed by atoms with Gasteiger partial charge in [0.1, 0.15) is 0 Å². The topological polar surface area (TPSA) is 78.4 Å². The van der Waals surface area contributed by atoms with E-state index in [1.54, 1.807) is 0 Å². The van der Waals surface area contributed by atoms with Crippen molar-refractivity contribution >= 4 is 17.5 Å². The Bertz CT molecular complexity index is 556. The van der Waals surface area contributed by atoms with Crippen molar-refractivity contribution in [1.29, 1.82) is 0 Å². The molecular weight excluding hydrogens is 256 g/mol. The first-order valence-corrected chi connectivity index (χ1v) is 6.27. The number of anilines is 1. The van der Waals surface area contributed by atoms with Crippen LogP contribution < -0.4 is 10.6 Å². The fourth-order valence-electron chi connectivity index (χ4n) is 1.48. The molecule has 0 aliphatic carbocycles. The number of hydrogen-bond acceptors (Lipinski definition) is 3. The lowest BCUT2D eigenvalue weighted by atomic mass is 10.1. The molecule has 1 aromatic carbocycles. The summed E-state index contributed by atoms with van der Waals surface area (Å²) in [5.74, 6) is 5.15. The first-order valence-electron chi connectivity index (χ1n) is 6.27. The summed E-state index contributed by atoms with van der Waals surface area (Å²) in [5, 5.41) is 13.9. The summed E-state index contributed by atoms with van der Waals surface area (Å²) in [4.78, 5) is 22.5. The third-order valence-corrected chi connectivity index (χ3v) is 2.41. The summed E-state index contributed by atoms with van der Waals surface area (Å²) in [6, 6.07) is 5.52. The molecule has 5 nitrogen and oxygen atoms in total. The number of aryl methyl sites for hydroxylation is 1. The minimum Gasteiger partial charge on any atom is -0.395 e. The molecule has 20 heavy (non-hydrogen) atoms. The third kappa shape index (κ3) is 5.55. The van der Waals surface area contributed by atoms with E-state index < -0.39 is 0 Å². The molecule has 0 fully saturated rings. The molecule has 0 atom stereocenters. The second kappa shape index (κ2) is 7.97. The fourth-order valence-corrected chi connectivity index (χ4v) is 1.48. The zero-order valence-corrected chi connectivity index (χ0v) is 11.6. The van der Waals surface area contributed by atoms with Gasteiger partial charge < -0.3 is 15.7 Å². The standard InChI is InChI=1S/C15H18N2O3/c1-11-6-7-13(5-3-4-8-18)14(9-11)17-15(20)10-16-12(2)19/h6-7,9,18H,4,8,10H2,1-2H3,(H,16,19)(H,17,20).